The quantitative estimate of drug-likeness (QED) is 0.413. The van der Waals surface area contributed by atoms with Crippen molar-refractivity contribution in [3.63, 3.8) is 0 Å². The van der Waals surface area contributed by atoms with Gasteiger partial charge in [-0.15, -0.1) is 0 Å². The number of aryl methyl sites for hydroxylation is 4. The van der Waals surface area contributed by atoms with Crippen LogP contribution in [0.1, 0.15) is 48.5 Å². The third-order valence-electron chi connectivity index (χ3n) is 5.44. The van der Waals surface area contributed by atoms with E-state index in [2.05, 4.69) is 5.32 Å². The van der Waals surface area contributed by atoms with Crippen LogP contribution >= 0.6 is 0 Å². The van der Waals surface area contributed by atoms with Crippen molar-refractivity contribution in [1.82, 2.24) is 5.32 Å². The second-order valence-electron chi connectivity index (χ2n) is 8.85. The number of nitrogens with one attached hydrogen (secondary N) is 1. The standard InChI is InChI=1S/C29H33NO5/c1-19-10-20(2)13-24(12-19)28(31)30-16-27(18-34-17-23-6-8-26(33-5)9-7-23)35-29(32)25-14-21(3)11-22(4)15-25/h6-15,27H,16-18H2,1-5H3,(H,30,31). The number of carbonyl (C=O) groups excluding carboxylic acids is 2. The summed E-state index contributed by atoms with van der Waals surface area (Å²) in [7, 11) is 1.62. The molecule has 1 unspecified atom stereocenters. The molecule has 0 heterocycles. The van der Waals surface area contributed by atoms with Gasteiger partial charge in [0.25, 0.3) is 5.91 Å². The zero-order valence-corrected chi connectivity index (χ0v) is 21.0. The average molecular weight is 476 g/mol. The molecule has 0 spiro atoms. The van der Waals surface area contributed by atoms with Gasteiger partial charge in [-0.2, -0.15) is 0 Å². The second-order valence-corrected chi connectivity index (χ2v) is 8.85. The minimum Gasteiger partial charge on any atom is -0.497 e. The lowest BCUT2D eigenvalue weighted by Crippen LogP contribution is -2.37. The fraction of sp³-hybridized carbons (Fsp3) is 0.310. The van der Waals surface area contributed by atoms with E-state index in [1.165, 1.54) is 0 Å². The number of benzene rings is 3. The summed E-state index contributed by atoms with van der Waals surface area (Å²) in [6, 6.07) is 18.8. The minimum atomic E-state index is -0.656. The first-order valence-corrected chi connectivity index (χ1v) is 11.6. The molecule has 184 valence electrons. The highest BCUT2D eigenvalue weighted by Crippen LogP contribution is 2.14. The molecular formula is C29H33NO5. The lowest BCUT2D eigenvalue weighted by Gasteiger charge is -2.19. The zero-order valence-electron chi connectivity index (χ0n) is 21.0. The van der Waals surface area contributed by atoms with Gasteiger partial charge >= 0.3 is 5.97 Å². The van der Waals surface area contributed by atoms with Crippen molar-refractivity contribution < 1.29 is 23.8 Å². The molecule has 3 rings (SSSR count). The fourth-order valence-electron chi connectivity index (χ4n) is 3.89. The number of rotatable bonds is 10. The summed E-state index contributed by atoms with van der Waals surface area (Å²) in [5, 5.41) is 2.88. The van der Waals surface area contributed by atoms with Gasteiger partial charge in [-0.25, -0.2) is 4.79 Å². The summed E-state index contributed by atoms with van der Waals surface area (Å²) in [6.45, 7) is 8.37. The zero-order chi connectivity index (χ0) is 25.4. The molecule has 0 aliphatic carbocycles. The predicted molar refractivity (Wildman–Crippen MR) is 136 cm³/mol. The Bertz CT molecular complexity index is 1130. The molecule has 0 aromatic heterocycles. The summed E-state index contributed by atoms with van der Waals surface area (Å²) in [5.74, 6) is 0.0954. The van der Waals surface area contributed by atoms with E-state index in [0.717, 1.165) is 33.6 Å². The van der Waals surface area contributed by atoms with Crippen molar-refractivity contribution in [2.75, 3.05) is 20.3 Å². The maximum absolute atomic E-state index is 12.9. The maximum atomic E-state index is 12.9. The summed E-state index contributed by atoms with van der Waals surface area (Å²) in [6.07, 6.45) is -0.656. The number of carbonyl (C=O) groups is 2. The molecule has 1 atom stereocenters. The van der Waals surface area contributed by atoms with Gasteiger partial charge in [0.15, 0.2) is 0 Å². The topological polar surface area (TPSA) is 73.9 Å². The minimum absolute atomic E-state index is 0.130. The van der Waals surface area contributed by atoms with E-state index in [1.54, 1.807) is 19.2 Å². The van der Waals surface area contributed by atoms with Crippen LogP contribution in [-0.4, -0.2) is 38.2 Å². The van der Waals surface area contributed by atoms with Crippen LogP contribution in [0.3, 0.4) is 0 Å². The first-order valence-electron chi connectivity index (χ1n) is 11.6. The normalized spacial score (nSPS) is 11.6. The number of esters is 1. The molecule has 6 heteroatoms. The smallest absolute Gasteiger partial charge is 0.338 e. The first-order chi connectivity index (χ1) is 16.7. The Morgan fingerprint density at radius 2 is 1.34 bits per heavy atom. The van der Waals surface area contributed by atoms with Crippen LogP contribution in [0, 0.1) is 27.7 Å². The molecule has 0 aliphatic heterocycles. The molecule has 0 fully saturated rings. The number of methoxy groups -OCH3 is 1. The van der Waals surface area contributed by atoms with Gasteiger partial charge in [-0.3, -0.25) is 4.79 Å². The van der Waals surface area contributed by atoms with E-state index in [9.17, 15) is 9.59 Å². The van der Waals surface area contributed by atoms with Crippen LogP contribution in [0.5, 0.6) is 5.75 Å². The Morgan fingerprint density at radius 3 is 1.89 bits per heavy atom. The lowest BCUT2D eigenvalue weighted by atomic mass is 10.1. The molecule has 1 N–H and O–H groups in total. The van der Waals surface area contributed by atoms with Crippen LogP contribution in [0.25, 0.3) is 0 Å². The SMILES string of the molecule is COc1ccc(COCC(CNC(=O)c2cc(C)cc(C)c2)OC(=O)c2cc(C)cc(C)c2)cc1. The van der Waals surface area contributed by atoms with Crippen molar-refractivity contribution in [2.45, 2.75) is 40.4 Å². The first kappa shape index (κ1) is 26.0. The predicted octanol–water partition coefficient (Wildman–Crippen LogP) is 5.10. The number of hydrogen-bond acceptors (Lipinski definition) is 5. The van der Waals surface area contributed by atoms with Gasteiger partial charge in [-0.05, 0) is 69.7 Å². The van der Waals surface area contributed by atoms with Gasteiger partial charge in [-0.1, -0.05) is 46.5 Å². The van der Waals surface area contributed by atoms with Crippen LogP contribution < -0.4 is 10.1 Å². The average Bonchev–Trinajstić information content (AvgIpc) is 2.81. The molecular weight excluding hydrogens is 442 g/mol. The summed E-state index contributed by atoms with van der Waals surface area (Å²) >= 11 is 0. The van der Waals surface area contributed by atoms with Crippen molar-refractivity contribution in [1.29, 1.82) is 0 Å². The number of ether oxygens (including phenoxy) is 3. The van der Waals surface area contributed by atoms with Gasteiger partial charge in [0.05, 0.1) is 32.4 Å². The monoisotopic (exact) mass is 475 g/mol. The molecule has 0 saturated heterocycles. The highest BCUT2D eigenvalue weighted by Gasteiger charge is 2.19. The van der Waals surface area contributed by atoms with Crippen molar-refractivity contribution >= 4 is 11.9 Å². The maximum Gasteiger partial charge on any atom is 0.338 e. The Morgan fingerprint density at radius 1 is 0.800 bits per heavy atom. The summed E-state index contributed by atoms with van der Waals surface area (Å²) in [5.41, 5.74) is 5.99. The molecule has 0 bridgehead atoms. The number of amides is 1. The Balaban J connectivity index is 1.66. The third kappa shape index (κ3) is 7.97. The van der Waals surface area contributed by atoms with E-state index in [4.69, 9.17) is 14.2 Å². The summed E-state index contributed by atoms with van der Waals surface area (Å²) < 4.78 is 16.8. The summed E-state index contributed by atoms with van der Waals surface area (Å²) in [4.78, 5) is 25.6. The molecule has 3 aromatic rings. The van der Waals surface area contributed by atoms with E-state index >= 15 is 0 Å². The van der Waals surface area contributed by atoms with E-state index < -0.39 is 12.1 Å². The van der Waals surface area contributed by atoms with Gasteiger partial charge in [0.1, 0.15) is 11.9 Å². The fourth-order valence-corrected chi connectivity index (χ4v) is 3.89. The van der Waals surface area contributed by atoms with Crippen LogP contribution in [-0.2, 0) is 16.1 Å². The van der Waals surface area contributed by atoms with E-state index in [-0.39, 0.29) is 19.1 Å². The molecule has 6 nitrogen and oxygen atoms in total. The molecule has 0 aliphatic rings. The third-order valence-corrected chi connectivity index (χ3v) is 5.44. The van der Waals surface area contributed by atoms with Crippen molar-refractivity contribution in [3.8, 4) is 5.75 Å². The molecule has 3 aromatic carbocycles. The largest absolute Gasteiger partial charge is 0.497 e. The Hall–Kier alpha value is -3.64. The van der Waals surface area contributed by atoms with Gasteiger partial charge in [0, 0.05) is 5.56 Å². The highest BCUT2D eigenvalue weighted by molar-refractivity contribution is 5.94. The van der Waals surface area contributed by atoms with Gasteiger partial charge in [0.2, 0.25) is 0 Å². The van der Waals surface area contributed by atoms with Gasteiger partial charge < -0.3 is 19.5 Å². The lowest BCUT2D eigenvalue weighted by molar-refractivity contribution is -0.00745. The van der Waals surface area contributed by atoms with Crippen LogP contribution in [0.2, 0.25) is 0 Å². The van der Waals surface area contributed by atoms with Crippen molar-refractivity contribution in [2.24, 2.45) is 0 Å². The van der Waals surface area contributed by atoms with Crippen molar-refractivity contribution in [3.05, 3.63) is 99.6 Å². The van der Waals surface area contributed by atoms with E-state index in [1.807, 2.05) is 76.2 Å². The highest BCUT2D eigenvalue weighted by atomic mass is 16.6. The van der Waals surface area contributed by atoms with Crippen LogP contribution in [0.15, 0.2) is 60.7 Å². The molecule has 0 saturated carbocycles. The van der Waals surface area contributed by atoms with E-state index in [0.29, 0.717) is 17.7 Å². The molecule has 35 heavy (non-hydrogen) atoms. The Kier molecular flexibility index (Phi) is 9.04. The Labute approximate surface area is 207 Å². The number of hydrogen-bond donors (Lipinski definition) is 1. The second kappa shape index (κ2) is 12.2. The van der Waals surface area contributed by atoms with Crippen LogP contribution in [0.4, 0.5) is 0 Å². The molecule has 1 amide bonds. The molecule has 0 radical (unpaired) electrons.